The maximum absolute atomic E-state index is 13.7. The second-order valence-corrected chi connectivity index (χ2v) is 12.7. The van der Waals surface area contributed by atoms with Gasteiger partial charge in [-0.1, -0.05) is 102 Å². The molecule has 8 nitrogen and oxygen atoms in total. The summed E-state index contributed by atoms with van der Waals surface area (Å²) in [6, 6.07) is 19.8. The van der Waals surface area contributed by atoms with Crippen LogP contribution in [0, 0.1) is 13.8 Å². The van der Waals surface area contributed by atoms with E-state index in [9.17, 15) is 14.7 Å². The Kier molecular flexibility index (Phi) is 10.0. The lowest BCUT2D eigenvalue weighted by Crippen LogP contribution is -2.29. The maximum Gasteiger partial charge on any atom is 0.301 e. The highest BCUT2D eigenvalue weighted by atomic mass is 32.2. The van der Waals surface area contributed by atoms with Crippen molar-refractivity contribution in [3.8, 4) is 11.5 Å². The fraction of sp³-hybridized carbons (Fsp3) is 0.294. The number of nitrogens with zero attached hydrogens (tertiary/aromatic N) is 3. The zero-order valence-electron chi connectivity index (χ0n) is 25.2. The number of aromatic nitrogens is 2. The summed E-state index contributed by atoms with van der Waals surface area (Å²) < 4.78 is 12.6. The van der Waals surface area contributed by atoms with Gasteiger partial charge >= 0.3 is 5.91 Å². The second kappa shape index (κ2) is 14.1. The van der Waals surface area contributed by atoms with Crippen LogP contribution in [0.15, 0.2) is 76.6 Å². The summed E-state index contributed by atoms with van der Waals surface area (Å²) in [6.07, 6.45) is 1.88. The van der Waals surface area contributed by atoms with E-state index in [1.807, 2.05) is 32.9 Å². The van der Waals surface area contributed by atoms with Gasteiger partial charge in [-0.15, -0.1) is 10.2 Å². The lowest BCUT2D eigenvalue weighted by Gasteiger charge is -2.23. The molecule has 5 rings (SSSR count). The summed E-state index contributed by atoms with van der Waals surface area (Å²) in [5.74, 6) is -0.0779. The third kappa shape index (κ3) is 6.81. The molecule has 4 aromatic rings. The number of unbranched alkanes of at least 4 members (excludes halogenated alkanes) is 1. The molecular weight excluding hydrogens is 595 g/mol. The number of anilines is 1. The van der Waals surface area contributed by atoms with Crippen LogP contribution in [0.4, 0.5) is 5.13 Å². The van der Waals surface area contributed by atoms with Crippen LogP contribution in [0.1, 0.15) is 60.5 Å². The highest BCUT2D eigenvalue weighted by molar-refractivity contribution is 8.00. The summed E-state index contributed by atoms with van der Waals surface area (Å²) >= 11 is 2.74. The molecular formula is C34H35N3O5S2. The van der Waals surface area contributed by atoms with Gasteiger partial charge < -0.3 is 14.6 Å². The molecule has 44 heavy (non-hydrogen) atoms. The standard InChI is InChI=1S/C34H35N3O5S2/c1-5-7-18-42-26-17-16-25(19-27(26)41-6-2)29-28(30(38)24-14-10-22(4)11-15-24)31(39)32(40)37(29)33-35-36-34(44-33)43-20-23-12-8-21(3)9-13-23/h8-17,19,29,38H,5-7,18,20H2,1-4H3/b30-28+. The molecule has 1 aliphatic rings. The molecule has 0 spiro atoms. The highest BCUT2D eigenvalue weighted by Crippen LogP contribution is 2.45. The third-order valence-corrected chi connectivity index (χ3v) is 9.32. The van der Waals surface area contributed by atoms with Crippen LogP contribution < -0.4 is 14.4 Å². The van der Waals surface area contributed by atoms with Crippen molar-refractivity contribution in [3.63, 3.8) is 0 Å². The van der Waals surface area contributed by atoms with Crippen molar-refractivity contribution in [2.75, 3.05) is 18.1 Å². The van der Waals surface area contributed by atoms with Crippen LogP contribution in [-0.2, 0) is 15.3 Å². The fourth-order valence-corrected chi connectivity index (χ4v) is 6.63. The average Bonchev–Trinajstić information content (AvgIpc) is 3.59. The number of aliphatic hydroxyl groups excluding tert-OH is 1. The van der Waals surface area contributed by atoms with E-state index in [4.69, 9.17) is 9.47 Å². The Morgan fingerprint density at radius 1 is 0.932 bits per heavy atom. The van der Waals surface area contributed by atoms with Crippen LogP contribution in [0.3, 0.4) is 0 Å². The molecule has 0 saturated carbocycles. The summed E-state index contributed by atoms with van der Waals surface area (Å²) in [5, 5.41) is 20.4. The van der Waals surface area contributed by atoms with Gasteiger partial charge in [0, 0.05) is 11.3 Å². The molecule has 3 aromatic carbocycles. The number of ketones is 1. The van der Waals surface area contributed by atoms with Gasteiger partial charge in [0.1, 0.15) is 5.76 Å². The molecule has 0 aliphatic carbocycles. The SMILES string of the molecule is CCCCOc1ccc(C2/C(=C(\O)c3ccc(C)cc3)C(=O)C(=O)N2c2nnc(SCc3ccc(C)cc3)s2)cc1OCC. The van der Waals surface area contributed by atoms with Gasteiger partial charge in [0.2, 0.25) is 5.13 Å². The molecule has 1 unspecified atom stereocenters. The Balaban J connectivity index is 1.56. The van der Waals surface area contributed by atoms with Crippen molar-refractivity contribution in [1.82, 2.24) is 10.2 Å². The number of Topliss-reactive ketones (excluding diaryl/α,β-unsaturated/α-hetero) is 1. The summed E-state index contributed by atoms with van der Waals surface area (Å²) in [5.41, 5.74) is 4.32. The minimum Gasteiger partial charge on any atom is -0.507 e. The minimum atomic E-state index is -0.955. The fourth-order valence-electron chi connectivity index (χ4n) is 4.81. The van der Waals surface area contributed by atoms with E-state index in [-0.39, 0.29) is 16.5 Å². The van der Waals surface area contributed by atoms with Crippen LogP contribution in [0.25, 0.3) is 5.76 Å². The number of aliphatic hydroxyl groups is 1. The summed E-state index contributed by atoms with van der Waals surface area (Å²) in [4.78, 5) is 28.6. The number of hydrogen-bond donors (Lipinski definition) is 1. The largest absolute Gasteiger partial charge is 0.507 e. The number of ether oxygens (including phenoxy) is 2. The highest BCUT2D eigenvalue weighted by Gasteiger charge is 2.48. The van der Waals surface area contributed by atoms with Crippen molar-refractivity contribution in [1.29, 1.82) is 0 Å². The molecule has 1 saturated heterocycles. The van der Waals surface area contributed by atoms with Gasteiger partial charge in [-0.3, -0.25) is 14.5 Å². The van der Waals surface area contributed by atoms with E-state index >= 15 is 0 Å². The molecule has 1 amide bonds. The molecule has 2 heterocycles. The molecule has 1 fully saturated rings. The van der Waals surface area contributed by atoms with Crippen LogP contribution in [0.2, 0.25) is 0 Å². The number of benzene rings is 3. The Morgan fingerprint density at radius 3 is 2.32 bits per heavy atom. The number of amides is 1. The number of carbonyl (C=O) groups excluding carboxylic acids is 2. The van der Waals surface area contributed by atoms with E-state index in [0.717, 1.165) is 24.0 Å². The number of rotatable bonds is 12. The smallest absolute Gasteiger partial charge is 0.301 e. The third-order valence-electron chi connectivity index (χ3n) is 7.19. The van der Waals surface area contributed by atoms with Crippen molar-refractivity contribution < 1.29 is 24.2 Å². The van der Waals surface area contributed by atoms with Crippen molar-refractivity contribution in [2.24, 2.45) is 0 Å². The van der Waals surface area contributed by atoms with E-state index in [1.54, 1.807) is 30.3 Å². The Morgan fingerprint density at radius 2 is 1.64 bits per heavy atom. The monoisotopic (exact) mass is 629 g/mol. The van der Waals surface area contributed by atoms with Gasteiger partial charge in [-0.25, -0.2) is 0 Å². The van der Waals surface area contributed by atoms with Gasteiger partial charge in [0.25, 0.3) is 5.78 Å². The predicted molar refractivity (Wildman–Crippen MR) is 175 cm³/mol. The predicted octanol–water partition coefficient (Wildman–Crippen LogP) is 7.65. The summed E-state index contributed by atoms with van der Waals surface area (Å²) in [7, 11) is 0. The molecule has 10 heteroatoms. The number of carbonyl (C=O) groups is 2. The first kappa shape index (κ1) is 31.3. The lowest BCUT2D eigenvalue weighted by molar-refractivity contribution is -0.132. The van der Waals surface area contributed by atoms with Gasteiger partial charge in [0.05, 0.1) is 24.8 Å². The average molecular weight is 630 g/mol. The Bertz CT molecular complexity index is 1670. The first-order chi connectivity index (χ1) is 21.3. The minimum absolute atomic E-state index is 0.0231. The molecule has 1 aliphatic heterocycles. The lowest BCUT2D eigenvalue weighted by atomic mass is 9.95. The van der Waals surface area contributed by atoms with Crippen molar-refractivity contribution in [3.05, 3.63) is 100 Å². The van der Waals surface area contributed by atoms with E-state index in [2.05, 4.69) is 41.4 Å². The van der Waals surface area contributed by atoms with E-state index in [1.165, 1.54) is 33.6 Å². The molecule has 0 radical (unpaired) electrons. The quantitative estimate of drug-likeness (QED) is 0.0426. The molecule has 1 aromatic heterocycles. The van der Waals surface area contributed by atoms with Gasteiger partial charge in [0.15, 0.2) is 15.8 Å². The van der Waals surface area contributed by atoms with Crippen molar-refractivity contribution >= 4 is 45.7 Å². The van der Waals surface area contributed by atoms with E-state index < -0.39 is 17.7 Å². The van der Waals surface area contributed by atoms with Gasteiger partial charge in [-0.2, -0.15) is 0 Å². The normalized spacial score (nSPS) is 16.0. The Hall–Kier alpha value is -4.15. The van der Waals surface area contributed by atoms with E-state index in [0.29, 0.717) is 45.9 Å². The first-order valence-electron chi connectivity index (χ1n) is 14.6. The molecule has 1 atom stereocenters. The Labute approximate surface area is 265 Å². The van der Waals surface area contributed by atoms with Crippen molar-refractivity contribution in [2.45, 2.75) is 56.7 Å². The zero-order valence-corrected chi connectivity index (χ0v) is 26.8. The van der Waals surface area contributed by atoms with Crippen LogP contribution >= 0.6 is 23.1 Å². The molecule has 1 N–H and O–H groups in total. The van der Waals surface area contributed by atoms with Crippen LogP contribution in [0.5, 0.6) is 11.5 Å². The molecule has 228 valence electrons. The summed E-state index contributed by atoms with van der Waals surface area (Å²) in [6.45, 7) is 8.88. The topological polar surface area (TPSA) is 102 Å². The number of hydrogen-bond acceptors (Lipinski definition) is 9. The molecule has 0 bridgehead atoms. The number of thioether (sulfide) groups is 1. The second-order valence-electron chi connectivity index (χ2n) is 10.5. The number of aryl methyl sites for hydroxylation is 2. The van der Waals surface area contributed by atoms with Crippen LogP contribution in [-0.4, -0.2) is 40.2 Å². The zero-order chi connectivity index (χ0) is 31.2. The maximum atomic E-state index is 13.7. The van der Waals surface area contributed by atoms with Gasteiger partial charge in [-0.05, 0) is 50.5 Å². The first-order valence-corrected chi connectivity index (χ1v) is 16.4.